The molecule has 0 fully saturated rings. The van der Waals surface area contributed by atoms with Crippen molar-refractivity contribution in [2.45, 2.75) is 12.5 Å². The normalized spacial score (nSPS) is 12.6. The van der Waals surface area contributed by atoms with Crippen LogP contribution in [0.4, 0.5) is 0 Å². The molecule has 0 unspecified atom stereocenters. The van der Waals surface area contributed by atoms with E-state index in [4.69, 9.17) is 0 Å². The Morgan fingerprint density at radius 2 is 1.86 bits per heavy atom. The van der Waals surface area contributed by atoms with Gasteiger partial charge in [-0.25, -0.2) is 0 Å². The number of hydrogen-bond acceptors (Lipinski definition) is 1. The second kappa shape index (κ2) is 4.58. The molecule has 0 saturated heterocycles. The molecule has 0 saturated carbocycles. The summed E-state index contributed by atoms with van der Waals surface area (Å²) in [6, 6.07) is 15.1. The van der Waals surface area contributed by atoms with E-state index >= 15 is 0 Å². The van der Waals surface area contributed by atoms with Gasteiger partial charge in [-0.15, -0.1) is 11.3 Å². The lowest BCUT2D eigenvalue weighted by Crippen LogP contribution is -2.18. The minimum Gasteiger partial charge on any atom is -0.149 e. The molecule has 0 bridgehead atoms. The Morgan fingerprint density at radius 3 is 2.50 bits per heavy atom. The van der Waals surface area contributed by atoms with Gasteiger partial charge in [0.05, 0.1) is 9.52 Å². The molecule has 0 aliphatic carbocycles. The number of benzene rings is 1. The van der Waals surface area contributed by atoms with E-state index in [0.717, 1.165) is 9.52 Å². The Hall–Kier alpha value is -0.863. The van der Waals surface area contributed by atoms with Crippen LogP contribution in [0.1, 0.15) is 17.3 Å². The summed E-state index contributed by atoms with van der Waals surface area (Å²) in [6.07, 6.45) is 0. The zero-order valence-corrected chi connectivity index (χ0v) is 9.92. The second-order valence-corrected chi connectivity index (χ2v) is 5.96. The van der Waals surface area contributed by atoms with Crippen molar-refractivity contribution >= 4 is 26.0 Å². The predicted molar refractivity (Wildman–Crippen MR) is 64.6 cm³/mol. The predicted octanol–water partition coefficient (Wildman–Crippen LogP) is 2.84. The lowest BCUT2D eigenvalue weighted by atomic mass is 10.4. The molecule has 1 atom stereocenters. The van der Waals surface area contributed by atoms with Crippen LogP contribution in [0.25, 0.3) is 0 Å². The summed E-state index contributed by atoms with van der Waals surface area (Å²) < 4.78 is 0. The molecular weight excluding hydrogens is 204 g/mol. The van der Waals surface area contributed by atoms with Crippen molar-refractivity contribution in [2.75, 3.05) is 0 Å². The summed E-state index contributed by atoms with van der Waals surface area (Å²) in [5.41, 5.74) is 0.664. The highest BCUT2D eigenvalue weighted by Gasteiger charge is 2.07. The highest BCUT2D eigenvalue weighted by atomic mass is 32.1. The van der Waals surface area contributed by atoms with Crippen LogP contribution in [-0.4, -0.2) is 9.52 Å². The van der Waals surface area contributed by atoms with Crippen LogP contribution in [0.2, 0.25) is 0 Å². The summed E-state index contributed by atoms with van der Waals surface area (Å²) >= 11 is 1.86. The van der Waals surface area contributed by atoms with Gasteiger partial charge in [0.2, 0.25) is 0 Å². The highest BCUT2D eigenvalue weighted by Crippen LogP contribution is 2.19. The number of hydrogen-bond donors (Lipinski definition) is 0. The van der Waals surface area contributed by atoms with Gasteiger partial charge in [-0.05, 0) is 17.0 Å². The summed E-state index contributed by atoms with van der Waals surface area (Å²) in [6.45, 7) is 2.30. The molecule has 1 heterocycles. The minimum atomic E-state index is 0.664. The fourth-order valence-electron chi connectivity index (χ4n) is 1.39. The van der Waals surface area contributed by atoms with Gasteiger partial charge < -0.3 is 0 Å². The number of thiophene rings is 1. The molecule has 2 aromatic rings. The van der Waals surface area contributed by atoms with Gasteiger partial charge in [-0.2, -0.15) is 0 Å². The first-order valence-electron chi connectivity index (χ1n) is 4.71. The third-order valence-corrected chi connectivity index (χ3v) is 4.80. The van der Waals surface area contributed by atoms with E-state index in [1.165, 1.54) is 10.1 Å². The van der Waals surface area contributed by atoms with Gasteiger partial charge in [-0.1, -0.05) is 48.5 Å². The molecule has 0 amide bonds. The Morgan fingerprint density at radius 1 is 1.07 bits per heavy atom. The van der Waals surface area contributed by atoms with Gasteiger partial charge >= 0.3 is 0 Å². The largest absolute Gasteiger partial charge is 0.149 e. The van der Waals surface area contributed by atoms with Gasteiger partial charge in [0, 0.05) is 4.88 Å². The lowest BCUT2D eigenvalue weighted by Gasteiger charge is -2.07. The van der Waals surface area contributed by atoms with E-state index in [-0.39, 0.29) is 0 Å². The second-order valence-electron chi connectivity index (χ2n) is 3.25. The number of rotatable bonds is 3. The Bertz CT molecular complexity index is 366. The van der Waals surface area contributed by atoms with Crippen molar-refractivity contribution in [1.82, 2.24) is 0 Å². The first kappa shape index (κ1) is 9.68. The quantitative estimate of drug-likeness (QED) is 0.692. The maximum Gasteiger partial charge on any atom is 0.0896 e. The average molecular weight is 216 g/mol. The van der Waals surface area contributed by atoms with E-state index in [0.29, 0.717) is 5.54 Å². The van der Waals surface area contributed by atoms with Gasteiger partial charge in [0.15, 0.2) is 0 Å². The van der Waals surface area contributed by atoms with Crippen LogP contribution in [0.15, 0.2) is 47.8 Å². The third kappa shape index (κ3) is 2.34. The molecule has 70 valence electrons. The molecule has 1 aromatic carbocycles. The molecule has 0 spiro atoms. The third-order valence-electron chi connectivity index (χ3n) is 2.13. The van der Waals surface area contributed by atoms with Crippen LogP contribution in [-0.2, 0) is 0 Å². The van der Waals surface area contributed by atoms with Crippen molar-refractivity contribution in [3.8, 4) is 0 Å². The van der Waals surface area contributed by atoms with Gasteiger partial charge in [0.25, 0.3) is 0 Å². The summed E-state index contributed by atoms with van der Waals surface area (Å²) in [5, 5.41) is 3.61. The minimum absolute atomic E-state index is 0.664. The topological polar surface area (TPSA) is 0 Å². The standard InChI is InChI=1S/C12H12SSi/c1-10(12-8-5-9-13-12)14-11-6-3-2-4-7-11/h2-10H,1H3/t10-/m0/s1. The van der Waals surface area contributed by atoms with Crippen molar-refractivity contribution in [1.29, 1.82) is 0 Å². The maximum atomic E-state index is 2.30. The monoisotopic (exact) mass is 216 g/mol. The van der Waals surface area contributed by atoms with Crippen LogP contribution >= 0.6 is 11.3 Å². The first-order chi connectivity index (χ1) is 6.86. The zero-order chi connectivity index (χ0) is 9.80. The molecule has 0 nitrogen and oxygen atoms in total. The van der Waals surface area contributed by atoms with Crippen molar-refractivity contribution < 1.29 is 0 Å². The first-order valence-corrected chi connectivity index (χ1v) is 6.67. The molecule has 0 aliphatic rings. The Kier molecular flexibility index (Phi) is 3.17. The molecule has 2 radical (unpaired) electrons. The summed E-state index contributed by atoms with van der Waals surface area (Å²) in [4.78, 5) is 1.49. The lowest BCUT2D eigenvalue weighted by molar-refractivity contribution is 1.11. The zero-order valence-electron chi connectivity index (χ0n) is 8.10. The fourth-order valence-corrected chi connectivity index (χ4v) is 3.57. The molecule has 2 rings (SSSR count). The van der Waals surface area contributed by atoms with Crippen molar-refractivity contribution in [3.05, 3.63) is 52.7 Å². The van der Waals surface area contributed by atoms with Crippen molar-refractivity contribution in [2.24, 2.45) is 0 Å². The van der Waals surface area contributed by atoms with Gasteiger partial charge in [0.1, 0.15) is 0 Å². The Labute approximate surface area is 91.4 Å². The van der Waals surface area contributed by atoms with E-state index < -0.39 is 0 Å². The summed E-state index contributed by atoms with van der Waals surface area (Å²) in [7, 11) is 0.883. The van der Waals surface area contributed by atoms with E-state index in [1.54, 1.807) is 0 Å². The molecule has 14 heavy (non-hydrogen) atoms. The smallest absolute Gasteiger partial charge is 0.0896 e. The van der Waals surface area contributed by atoms with Crippen LogP contribution in [0.5, 0.6) is 0 Å². The van der Waals surface area contributed by atoms with Crippen LogP contribution in [0.3, 0.4) is 0 Å². The molecule has 0 N–H and O–H groups in total. The summed E-state index contributed by atoms with van der Waals surface area (Å²) in [5.74, 6) is 0. The van der Waals surface area contributed by atoms with Crippen molar-refractivity contribution in [3.63, 3.8) is 0 Å². The SMILES string of the molecule is C[C@H]([Si]c1ccccc1)c1cccs1. The average Bonchev–Trinajstić information content (AvgIpc) is 2.72. The molecular formula is C12H12SSi. The molecule has 2 heteroatoms. The Balaban J connectivity index is 2.06. The highest BCUT2D eigenvalue weighted by molar-refractivity contribution is 7.10. The van der Waals surface area contributed by atoms with Crippen LogP contribution in [0, 0.1) is 0 Å². The van der Waals surface area contributed by atoms with E-state index in [2.05, 4.69) is 54.8 Å². The fraction of sp³-hybridized carbons (Fsp3) is 0.167. The molecule has 1 aromatic heterocycles. The van der Waals surface area contributed by atoms with E-state index in [1.807, 2.05) is 11.3 Å². The van der Waals surface area contributed by atoms with Gasteiger partial charge in [-0.3, -0.25) is 0 Å². The van der Waals surface area contributed by atoms with Crippen LogP contribution < -0.4 is 5.19 Å². The maximum absolute atomic E-state index is 2.30. The molecule has 0 aliphatic heterocycles. The van der Waals surface area contributed by atoms with E-state index in [9.17, 15) is 0 Å².